The summed E-state index contributed by atoms with van der Waals surface area (Å²) >= 11 is 2.28. The number of nitrogen functional groups attached to an aromatic ring is 1. The molecule has 0 radical (unpaired) electrons. The topological polar surface area (TPSA) is 80.9 Å². The highest BCUT2D eigenvalue weighted by molar-refractivity contribution is 8.01. The number of hydrogen-bond acceptors (Lipinski definition) is 6. The molecule has 1 amide bonds. The Bertz CT molecular complexity index is 683. The van der Waals surface area contributed by atoms with Gasteiger partial charge < -0.3 is 11.1 Å². The Morgan fingerprint density at radius 2 is 1.86 bits per heavy atom. The van der Waals surface area contributed by atoms with Crippen molar-refractivity contribution in [2.45, 2.75) is 10.8 Å². The van der Waals surface area contributed by atoms with Crippen molar-refractivity contribution in [2.75, 3.05) is 16.8 Å². The average molecular weight is 352 g/mol. The van der Waals surface area contributed by atoms with Gasteiger partial charge in [-0.25, -0.2) is 17.6 Å². The van der Waals surface area contributed by atoms with Crippen LogP contribution in [0.15, 0.2) is 10.4 Å². The molecule has 0 aliphatic carbocycles. The van der Waals surface area contributed by atoms with Gasteiger partial charge in [0, 0.05) is 18.2 Å². The van der Waals surface area contributed by atoms with E-state index >= 15 is 0 Å². The van der Waals surface area contributed by atoms with Crippen LogP contribution < -0.4 is 11.1 Å². The van der Waals surface area contributed by atoms with Gasteiger partial charge in [0.2, 0.25) is 11.0 Å². The van der Waals surface area contributed by atoms with E-state index in [2.05, 4.69) is 10.2 Å². The second kappa shape index (κ2) is 6.92. The molecular weight excluding hydrogens is 344 g/mol. The predicted molar refractivity (Wildman–Crippen MR) is 74.6 cm³/mol. The summed E-state index contributed by atoms with van der Waals surface area (Å²) in [4.78, 5) is 11.6. The molecule has 22 heavy (non-hydrogen) atoms. The van der Waals surface area contributed by atoms with Crippen LogP contribution in [0.3, 0.4) is 0 Å². The number of amides is 1. The van der Waals surface area contributed by atoms with Crippen LogP contribution >= 0.6 is 23.1 Å². The van der Waals surface area contributed by atoms with Gasteiger partial charge >= 0.3 is 0 Å². The molecule has 11 heteroatoms. The van der Waals surface area contributed by atoms with E-state index in [0.29, 0.717) is 4.34 Å². The van der Waals surface area contributed by atoms with Crippen LogP contribution in [-0.2, 0) is 4.79 Å². The summed E-state index contributed by atoms with van der Waals surface area (Å²) in [5.41, 5.74) is 4.23. The highest BCUT2D eigenvalue weighted by Crippen LogP contribution is 2.26. The third kappa shape index (κ3) is 3.85. The van der Waals surface area contributed by atoms with Gasteiger partial charge in [-0.15, -0.1) is 10.2 Å². The highest BCUT2D eigenvalue weighted by Gasteiger charge is 2.20. The van der Waals surface area contributed by atoms with E-state index in [1.54, 1.807) is 0 Å². The third-order valence-corrected chi connectivity index (χ3v) is 4.24. The Balaban J connectivity index is 1.95. The van der Waals surface area contributed by atoms with Gasteiger partial charge in [-0.2, -0.15) is 0 Å². The number of rotatable bonds is 5. The molecule has 0 aliphatic heterocycles. The van der Waals surface area contributed by atoms with Crippen LogP contribution in [0.4, 0.5) is 28.4 Å². The first-order valence-corrected chi connectivity index (χ1v) is 7.53. The molecule has 0 aliphatic rings. The van der Waals surface area contributed by atoms with Crippen molar-refractivity contribution in [1.82, 2.24) is 10.2 Å². The Labute approximate surface area is 129 Å². The number of hydrogen-bond donors (Lipinski definition) is 2. The predicted octanol–water partition coefficient (Wildman–Crippen LogP) is 2.80. The lowest BCUT2D eigenvalue weighted by Gasteiger charge is -2.08. The van der Waals surface area contributed by atoms with Gasteiger partial charge in [0.05, 0.1) is 0 Å². The molecule has 0 saturated carbocycles. The van der Waals surface area contributed by atoms with E-state index in [0.717, 1.165) is 23.1 Å². The molecule has 0 spiro atoms. The second-order valence-electron chi connectivity index (χ2n) is 3.90. The van der Waals surface area contributed by atoms with Crippen LogP contribution in [0, 0.1) is 23.3 Å². The third-order valence-electron chi connectivity index (χ3n) is 2.35. The minimum atomic E-state index is -1.66. The molecule has 1 aromatic heterocycles. The molecule has 1 heterocycles. The largest absolute Gasteiger partial charge is 0.374 e. The molecule has 0 atom stereocenters. The molecule has 0 unspecified atom stereocenters. The van der Waals surface area contributed by atoms with Crippen molar-refractivity contribution in [3.8, 4) is 0 Å². The summed E-state index contributed by atoms with van der Waals surface area (Å²) < 4.78 is 53.2. The standard InChI is InChI=1S/C11H8F4N4OS2/c12-4-3-5(13)8(15)9(7(4)14)17-6(20)1-2-21-11-19-18-10(16)22-11/h3H,1-2H2,(H2,16,18)(H,17,20). The number of carbonyl (C=O) groups excluding carboxylic acids is 1. The molecule has 0 bridgehead atoms. The number of nitrogens with one attached hydrogen (secondary N) is 1. The van der Waals surface area contributed by atoms with Crippen LogP contribution in [0.5, 0.6) is 0 Å². The highest BCUT2D eigenvalue weighted by atomic mass is 32.2. The first-order valence-electron chi connectivity index (χ1n) is 5.73. The number of carbonyl (C=O) groups is 1. The van der Waals surface area contributed by atoms with Crippen molar-refractivity contribution < 1.29 is 22.4 Å². The Morgan fingerprint density at radius 3 is 2.41 bits per heavy atom. The zero-order valence-electron chi connectivity index (χ0n) is 10.7. The van der Waals surface area contributed by atoms with Crippen LogP contribution in [0.1, 0.15) is 6.42 Å². The quantitative estimate of drug-likeness (QED) is 0.491. The smallest absolute Gasteiger partial charge is 0.225 e. The minimum Gasteiger partial charge on any atom is -0.374 e. The lowest BCUT2D eigenvalue weighted by Crippen LogP contribution is -2.16. The zero-order valence-corrected chi connectivity index (χ0v) is 12.3. The van der Waals surface area contributed by atoms with Gasteiger partial charge in [-0.3, -0.25) is 4.79 Å². The monoisotopic (exact) mass is 352 g/mol. The molecule has 5 nitrogen and oxygen atoms in total. The van der Waals surface area contributed by atoms with E-state index in [9.17, 15) is 22.4 Å². The maximum absolute atomic E-state index is 13.4. The Hall–Kier alpha value is -1.88. The Morgan fingerprint density at radius 1 is 1.23 bits per heavy atom. The van der Waals surface area contributed by atoms with Gasteiger partial charge in [-0.05, 0) is 0 Å². The van der Waals surface area contributed by atoms with Crippen LogP contribution in [0.2, 0.25) is 0 Å². The molecule has 2 rings (SSSR count). The Kier molecular flexibility index (Phi) is 5.19. The summed E-state index contributed by atoms with van der Waals surface area (Å²) in [6.07, 6.45) is -0.152. The van der Waals surface area contributed by atoms with E-state index in [1.807, 2.05) is 5.32 Å². The van der Waals surface area contributed by atoms with Crippen LogP contribution in [-0.4, -0.2) is 21.9 Å². The minimum absolute atomic E-state index is 0.0655. The maximum atomic E-state index is 13.4. The summed E-state index contributed by atoms with van der Waals surface area (Å²) in [5, 5.41) is 9.35. The molecule has 118 valence electrons. The zero-order chi connectivity index (χ0) is 16.3. The lowest BCUT2D eigenvalue weighted by atomic mass is 10.2. The average Bonchev–Trinajstić information content (AvgIpc) is 2.87. The van der Waals surface area contributed by atoms with Gasteiger partial charge in [-0.1, -0.05) is 23.1 Å². The number of nitrogens with two attached hydrogens (primary N) is 1. The normalized spacial score (nSPS) is 10.7. The molecule has 2 aromatic rings. The summed E-state index contributed by atoms with van der Waals surface area (Å²) in [6, 6.07) is 0.0655. The fourth-order valence-electron chi connectivity index (χ4n) is 1.39. The van der Waals surface area contributed by atoms with Gasteiger partial charge in [0.1, 0.15) is 5.69 Å². The fraction of sp³-hybridized carbons (Fsp3) is 0.182. The number of aromatic nitrogens is 2. The van der Waals surface area contributed by atoms with Crippen molar-refractivity contribution in [1.29, 1.82) is 0 Å². The number of thioether (sulfide) groups is 1. The summed E-state index contributed by atoms with van der Waals surface area (Å²) in [5.74, 6) is -7.07. The van der Waals surface area contributed by atoms with E-state index < -0.39 is 34.9 Å². The lowest BCUT2D eigenvalue weighted by molar-refractivity contribution is -0.115. The van der Waals surface area contributed by atoms with Gasteiger partial charge in [0.15, 0.2) is 27.6 Å². The summed E-state index contributed by atoms with van der Waals surface area (Å²) in [6.45, 7) is 0. The molecule has 1 aromatic carbocycles. The first-order chi connectivity index (χ1) is 10.4. The SMILES string of the molecule is Nc1nnc(SCCC(=O)Nc2c(F)c(F)cc(F)c2F)s1. The van der Waals surface area contributed by atoms with Crippen molar-refractivity contribution >= 4 is 39.8 Å². The van der Waals surface area contributed by atoms with Gasteiger partial charge in [0.25, 0.3) is 0 Å². The number of benzene rings is 1. The van der Waals surface area contributed by atoms with Crippen molar-refractivity contribution in [2.24, 2.45) is 0 Å². The first kappa shape index (κ1) is 16.5. The molecule has 3 N–H and O–H groups in total. The van der Waals surface area contributed by atoms with E-state index in [1.165, 1.54) is 0 Å². The van der Waals surface area contributed by atoms with Crippen molar-refractivity contribution in [3.63, 3.8) is 0 Å². The fourth-order valence-corrected chi connectivity index (χ4v) is 3.04. The molecular formula is C11H8F4N4OS2. The number of nitrogens with zero attached hydrogens (tertiary/aromatic N) is 2. The second-order valence-corrected chi connectivity index (χ2v) is 6.25. The summed E-state index contributed by atoms with van der Waals surface area (Å²) in [7, 11) is 0. The molecule has 0 fully saturated rings. The maximum Gasteiger partial charge on any atom is 0.225 e. The van der Waals surface area contributed by atoms with E-state index in [4.69, 9.17) is 5.73 Å². The van der Waals surface area contributed by atoms with E-state index in [-0.39, 0.29) is 23.4 Å². The number of halogens is 4. The van der Waals surface area contributed by atoms with Crippen LogP contribution in [0.25, 0.3) is 0 Å². The van der Waals surface area contributed by atoms with Crippen molar-refractivity contribution in [3.05, 3.63) is 29.3 Å². The number of anilines is 2. The molecule has 0 saturated heterocycles.